The number of hydrogen-bond acceptors (Lipinski definition) is 4. The van der Waals surface area contributed by atoms with Gasteiger partial charge in [0.15, 0.2) is 0 Å². The molecule has 0 bridgehead atoms. The molecule has 2 rings (SSSR count). The highest BCUT2D eigenvalue weighted by Gasteiger charge is 2.30. The van der Waals surface area contributed by atoms with Crippen molar-refractivity contribution in [3.05, 3.63) is 12.4 Å². The Morgan fingerprint density at radius 1 is 1.41 bits per heavy atom. The molecule has 1 aromatic rings. The molecule has 0 unspecified atom stereocenters. The smallest absolute Gasteiger partial charge is 0.257 e. The number of nitrogens with one attached hydrogen (secondary N) is 1. The molecule has 0 saturated carbocycles. The Bertz CT molecular complexity index is 559. The maximum Gasteiger partial charge on any atom is 0.257 e. The largest absolute Gasteiger partial charge is 0.319 e. The van der Waals surface area contributed by atoms with Crippen LogP contribution in [0, 0.1) is 5.92 Å². The third kappa shape index (κ3) is 4.61. The van der Waals surface area contributed by atoms with Gasteiger partial charge in [0, 0.05) is 19.3 Å². The lowest BCUT2D eigenvalue weighted by Gasteiger charge is -2.30. The molecule has 6 nitrogen and oxygen atoms in total. The van der Waals surface area contributed by atoms with Gasteiger partial charge in [-0.1, -0.05) is 0 Å². The summed E-state index contributed by atoms with van der Waals surface area (Å²) in [6.45, 7) is 1.18. The highest BCUT2D eigenvalue weighted by Crippen LogP contribution is 2.23. The molecule has 1 aliphatic heterocycles. The summed E-state index contributed by atoms with van der Waals surface area (Å²) in [6.07, 6.45) is 1.34. The van der Waals surface area contributed by atoms with Gasteiger partial charge < -0.3 is 5.32 Å². The molecule has 0 aromatic carbocycles. The summed E-state index contributed by atoms with van der Waals surface area (Å²) >= 11 is 0. The van der Waals surface area contributed by atoms with Crippen LogP contribution in [-0.4, -0.2) is 55.6 Å². The minimum Gasteiger partial charge on any atom is -0.319 e. The summed E-state index contributed by atoms with van der Waals surface area (Å²) in [5.74, 6) is 0.475. The first-order valence-corrected chi connectivity index (χ1v) is 8.33. The van der Waals surface area contributed by atoms with Gasteiger partial charge in [-0.25, -0.2) is 17.2 Å². The van der Waals surface area contributed by atoms with E-state index >= 15 is 0 Å². The van der Waals surface area contributed by atoms with E-state index in [1.807, 2.05) is 7.05 Å². The highest BCUT2D eigenvalue weighted by atomic mass is 35.5. The van der Waals surface area contributed by atoms with E-state index < -0.39 is 23.0 Å². The topological polar surface area (TPSA) is 67.2 Å². The predicted octanol–water partition coefficient (Wildman–Crippen LogP) is 1.19. The molecular weight excluding hydrogens is 338 g/mol. The fourth-order valence-electron chi connectivity index (χ4n) is 2.51. The minimum atomic E-state index is -3.63. The number of nitrogens with zero attached hydrogens (tertiary/aromatic N) is 3. The van der Waals surface area contributed by atoms with E-state index in [9.17, 15) is 17.2 Å². The molecule has 10 heteroatoms. The van der Waals surface area contributed by atoms with E-state index in [0.717, 1.165) is 30.3 Å². The molecule has 128 valence electrons. The van der Waals surface area contributed by atoms with Crippen molar-refractivity contribution in [3.8, 4) is 0 Å². The van der Waals surface area contributed by atoms with Crippen LogP contribution in [0.1, 0.15) is 12.8 Å². The number of hydrogen-bond donors (Lipinski definition) is 1. The zero-order valence-electron chi connectivity index (χ0n) is 12.3. The van der Waals surface area contributed by atoms with E-state index in [1.165, 1.54) is 10.5 Å². The Morgan fingerprint density at radius 3 is 2.59 bits per heavy atom. The summed E-state index contributed by atoms with van der Waals surface area (Å²) in [5.41, 5.74) is 0. The lowest BCUT2D eigenvalue weighted by Crippen LogP contribution is -2.40. The van der Waals surface area contributed by atoms with Gasteiger partial charge in [0.05, 0.1) is 6.20 Å². The summed E-state index contributed by atoms with van der Waals surface area (Å²) in [6, 6.07) is 0. The van der Waals surface area contributed by atoms with Crippen LogP contribution >= 0.6 is 12.4 Å². The molecule has 1 saturated heterocycles. The second-order valence-electron chi connectivity index (χ2n) is 5.19. The molecule has 1 aromatic heterocycles. The minimum absolute atomic E-state index is 0. The van der Waals surface area contributed by atoms with E-state index in [1.54, 1.807) is 0 Å². The standard InChI is InChI=1S/C12H20F2N4O2S.ClH/c1-15-6-10-2-4-18(5-3-10)21(19,20)11-7-16-17(8-11)9-12(13)14;/h7-8,10,12,15H,2-6,9H2,1H3;1H. The van der Waals surface area contributed by atoms with Crippen molar-refractivity contribution in [2.45, 2.75) is 30.7 Å². The SMILES string of the molecule is CNCC1CCN(S(=O)(=O)c2cnn(CC(F)F)c2)CC1.Cl. The molecule has 1 fully saturated rings. The second kappa shape index (κ2) is 8.19. The van der Waals surface area contributed by atoms with Gasteiger partial charge in [0.2, 0.25) is 10.0 Å². The second-order valence-corrected chi connectivity index (χ2v) is 7.13. The van der Waals surface area contributed by atoms with E-state index in [-0.39, 0.29) is 17.3 Å². The quantitative estimate of drug-likeness (QED) is 0.829. The number of rotatable bonds is 6. The maximum absolute atomic E-state index is 12.4. The number of aromatic nitrogens is 2. The molecule has 0 radical (unpaired) electrons. The van der Waals surface area contributed by atoms with Crippen LogP contribution < -0.4 is 5.32 Å². The fourth-order valence-corrected chi connectivity index (χ4v) is 3.94. The summed E-state index contributed by atoms with van der Waals surface area (Å²) in [5, 5.41) is 6.77. The van der Waals surface area contributed by atoms with Crippen molar-refractivity contribution in [2.24, 2.45) is 5.92 Å². The average Bonchev–Trinajstić information content (AvgIpc) is 2.88. The Morgan fingerprint density at radius 2 is 2.05 bits per heavy atom. The maximum atomic E-state index is 12.4. The highest BCUT2D eigenvalue weighted by molar-refractivity contribution is 7.89. The molecule has 0 amide bonds. The van der Waals surface area contributed by atoms with Crippen molar-refractivity contribution in [3.63, 3.8) is 0 Å². The average molecular weight is 359 g/mol. The van der Waals surface area contributed by atoms with Gasteiger partial charge in [-0.05, 0) is 32.4 Å². The molecule has 22 heavy (non-hydrogen) atoms. The molecule has 0 spiro atoms. The van der Waals surface area contributed by atoms with Crippen LogP contribution in [0.25, 0.3) is 0 Å². The molecule has 1 N–H and O–H groups in total. The third-order valence-corrected chi connectivity index (χ3v) is 5.49. The van der Waals surface area contributed by atoms with Gasteiger partial charge in [0.1, 0.15) is 11.4 Å². The van der Waals surface area contributed by atoms with Crippen molar-refractivity contribution in [2.75, 3.05) is 26.7 Å². The monoisotopic (exact) mass is 358 g/mol. The Labute approximate surface area is 135 Å². The van der Waals surface area contributed by atoms with Gasteiger partial charge in [-0.15, -0.1) is 12.4 Å². The first kappa shape index (κ1) is 19.3. The summed E-state index contributed by atoms with van der Waals surface area (Å²) in [4.78, 5) is -0.0183. The van der Waals surface area contributed by atoms with E-state index in [2.05, 4.69) is 10.4 Å². The first-order chi connectivity index (χ1) is 9.93. The molecular formula is C12H21ClF2N4O2S. The van der Waals surface area contributed by atoms with Crippen LogP contribution in [0.4, 0.5) is 8.78 Å². The van der Waals surface area contributed by atoms with Crippen molar-refractivity contribution in [1.82, 2.24) is 19.4 Å². The van der Waals surface area contributed by atoms with E-state index in [4.69, 9.17) is 0 Å². The Balaban J connectivity index is 0.00000242. The zero-order valence-corrected chi connectivity index (χ0v) is 13.9. The van der Waals surface area contributed by atoms with Crippen LogP contribution in [0.2, 0.25) is 0 Å². The number of alkyl halides is 2. The van der Waals surface area contributed by atoms with Gasteiger partial charge in [0.25, 0.3) is 6.43 Å². The number of sulfonamides is 1. The third-order valence-electron chi connectivity index (χ3n) is 3.64. The van der Waals surface area contributed by atoms with Crippen LogP contribution in [0.3, 0.4) is 0 Å². The summed E-state index contributed by atoms with van der Waals surface area (Å²) < 4.78 is 51.7. The Hall–Kier alpha value is -0.770. The van der Waals surface area contributed by atoms with Crippen molar-refractivity contribution >= 4 is 22.4 Å². The van der Waals surface area contributed by atoms with E-state index in [0.29, 0.717) is 19.0 Å². The van der Waals surface area contributed by atoms with Gasteiger partial charge in [-0.2, -0.15) is 9.40 Å². The molecule has 2 heterocycles. The summed E-state index contributed by atoms with van der Waals surface area (Å²) in [7, 11) is -1.76. The number of halogens is 3. The lowest BCUT2D eigenvalue weighted by molar-refractivity contribution is 0.121. The van der Waals surface area contributed by atoms with Crippen molar-refractivity contribution < 1.29 is 17.2 Å². The molecule has 1 aliphatic rings. The molecule has 0 aliphatic carbocycles. The van der Waals surface area contributed by atoms with Gasteiger partial charge in [-0.3, -0.25) is 4.68 Å². The van der Waals surface area contributed by atoms with Crippen molar-refractivity contribution in [1.29, 1.82) is 0 Å². The van der Waals surface area contributed by atoms with Crippen LogP contribution in [0.15, 0.2) is 17.3 Å². The Kier molecular flexibility index (Phi) is 7.17. The van der Waals surface area contributed by atoms with Crippen LogP contribution in [-0.2, 0) is 16.6 Å². The number of piperidine rings is 1. The first-order valence-electron chi connectivity index (χ1n) is 6.89. The van der Waals surface area contributed by atoms with Gasteiger partial charge >= 0.3 is 0 Å². The fraction of sp³-hybridized carbons (Fsp3) is 0.750. The lowest BCUT2D eigenvalue weighted by atomic mass is 9.98. The van der Waals surface area contributed by atoms with Crippen LogP contribution in [0.5, 0.6) is 0 Å². The molecule has 0 atom stereocenters. The predicted molar refractivity (Wildman–Crippen MR) is 80.9 cm³/mol. The zero-order chi connectivity index (χ0) is 15.5. The normalized spacial score (nSPS) is 17.6.